The molecule has 0 saturated heterocycles. The van der Waals surface area contributed by atoms with E-state index >= 15 is 0 Å². The summed E-state index contributed by atoms with van der Waals surface area (Å²) in [4.78, 5) is 0. The third-order valence-corrected chi connectivity index (χ3v) is 1.47. The van der Waals surface area contributed by atoms with Crippen LogP contribution < -0.4 is 4.74 Å². The molecule has 0 bridgehead atoms. The van der Waals surface area contributed by atoms with Crippen LogP contribution in [0.25, 0.3) is 0 Å². The van der Waals surface area contributed by atoms with E-state index in [1.807, 2.05) is 0 Å². The Balaban J connectivity index is 2.45. The summed E-state index contributed by atoms with van der Waals surface area (Å²) in [5.41, 5.74) is 0. The lowest BCUT2D eigenvalue weighted by molar-refractivity contribution is 0.327. The highest BCUT2D eigenvalue weighted by Gasteiger charge is 1.97. The molecule has 0 saturated carbocycles. The van der Waals surface area contributed by atoms with Gasteiger partial charge in [0.2, 0.25) is 0 Å². The number of hydrogen-bond acceptors (Lipinski definition) is 3. The highest BCUT2D eigenvalue weighted by atomic mass is 16.5. The predicted octanol–water partition coefficient (Wildman–Crippen LogP) is 1.32. The fourth-order valence-corrected chi connectivity index (χ4v) is 0.860. The summed E-state index contributed by atoms with van der Waals surface area (Å²) in [7, 11) is 0. The number of aliphatic hydroxyl groups is 1. The quantitative estimate of drug-likeness (QED) is 0.687. The molecule has 0 unspecified atom stereocenters. The van der Waals surface area contributed by atoms with Gasteiger partial charge in [-0.15, -0.1) is 0 Å². The van der Waals surface area contributed by atoms with Crippen LogP contribution in [0.3, 0.4) is 0 Å². The molecule has 0 atom stereocenters. The van der Waals surface area contributed by atoms with Crippen molar-refractivity contribution in [2.24, 2.45) is 0 Å². The van der Waals surface area contributed by atoms with Crippen LogP contribution in [0, 0.1) is 0 Å². The molecule has 0 aliphatic carbocycles. The van der Waals surface area contributed by atoms with E-state index in [9.17, 15) is 5.11 Å². The number of rotatable bonds is 4. The summed E-state index contributed by atoms with van der Waals surface area (Å²) in [6.07, 6.45) is 3.27. The van der Waals surface area contributed by atoms with Crippen LogP contribution in [-0.2, 0) is 0 Å². The van der Waals surface area contributed by atoms with Crippen LogP contribution >= 0.6 is 0 Å². The molecule has 2 N–H and O–H groups in total. The van der Waals surface area contributed by atoms with E-state index in [1.165, 1.54) is 0 Å². The van der Waals surface area contributed by atoms with Gasteiger partial charge in [-0.2, -0.15) is 0 Å². The summed E-state index contributed by atoms with van der Waals surface area (Å²) < 4.78 is 5.19. The lowest BCUT2D eigenvalue weighted by atomic mass is 10.3. The summed E-state index contributed by atoms with van der Waals surface area (Å²) in [6.45, 7) is 0.349. The first-order valence-electron chi connectivity index (χ1n) is 4.01. The van der Waals surface area contributed by atoms with Gasteiger partial charge in [0.05, 0.1) is 6.61 Å². The summed E-state index contributed by atoms with van der Waals surface area (Å²) in [5, 5.41) is 17.7. The van der Waals surface area contributed by atoms with Gasteiger partial charge in [0.15, 0.2) is 11.5 Å². The van der Waals surface area contributed by atoms with Gasteiger partial charge < -0.3 is 14.9 Å². The fourth-order valence-electron chi connectivity index (χ4n) is 0.860. The lowest BCUT2D eigenvalue weighted by Gasteiger charge is -2.03. The average molecular weight is 180 g/mol. The number of hydrogen-bond donors (Lipinski definition) is 2. The minimum atomic E-state index is 0.00410. The minimum absolute atomic E-state index is 0.00410. The molecule has 0 spiro atoms. The largest absolute Gasteiger partial charge is 0.504 e. The monoisotopic (exact) mass is 180 g/mol. The second kappa shape index (κ2) is 5.22. The Morgan fingerprint density at radius 2 is 2.00 bits per heavy atom. The van der Waals surface area contributed by atoms with Crippen LogP contribution in [-0.4, -0.2) is 23.4 Å². The van der Waals surface area contributed by atoms with Crippen molar-refractivity contribution in [3.05, 3.63) is 36.4 Å². The van der Waals surface area contributed by atoms with E-state index in [0.29, 0.717) is 12.4 Å². The highest BCUT2D eigenvalue weighted by molar-refractivity contribution is 5.37. The van der Waals surface area contributed by atoms with E-state index in [-0.39, 0.29) is 12.4 Å². The number of para-hydroxylation sites is 2. The Hall–Kier alpha value is -1.48. The molecule has 0 heterocycles. The normalized spacial score (nSPS) is 10.5. The SMILES string of the molecule is OCC=CCOc1ccccc1O. The lowest BCUT2D eigenvalue weighted by Crippen LogP contribution is -1.93. The summed E-state index contributed by atoms with van der Waals surface area (Å²) in [6, 6.07) is 6.75. The third-order valence-electron chi connectivity index (χ3n) is 1.47. The van der Waals surface area contributed by atoms with Crippen LogP contribution in [0.4, 0.5) is 0 Å². The maximum absolute atomic E-state index is 9.27. The molecule has 3 nitrogen and oxygen atoms in total. The van der Waals surface area contributed by atoms with Gasteiger partial charge in [-0.25, -0.2) is 0 Å². The van der Waals surface area contributed by atoms with Gasteiger partial charge in [-0.05, 0) is 18.2 Å². The molecule has 0 aromatic heterocycles. The first-order valence-corrected chi connectivity index (χ1v) is 4.01. The molecular formula is C10H12O3. The second-order valence-electron chi connectivity index (χ2n) is 2.43. The summed E-state index contributed by atoms with van der Waals surface area (Å²) >= 11 is 0. The maximum atomic E-state index is 9.27. The van der Waals surface area contributed by atoms with Gasteiger partial charge in [-0.3, -0.25) is 0 Å². The topological polar surface area (TPSA) is 49.7 Å². The van der Waals surface area contributed by atoms with Crippen molar-refractivity contribution in [1.82, 2.24) is 0 Å². The smallest absolute Gasteiger partial charge is 0.161 e. The molecule has 0 radical (unpaired) electrons. The third kappa shape index (κ3) is 3.17. The Morgan fingerprint density at radius 3 is 2.69 bits per heavy atom. The van der Waals surface area contributed by atoms with Gasteiger partial charge >= 0.3 is 0 Å². The number of aliphatic hydroxyl groups excluding tert-OH is 1. The Bertz CT molecular complexity index is 281. The Morgan fingerprint density at radius 1 is 1.23 bits per heavy atom. The highest BCUT2D eigenvalue weighted by Crippen LogP contribution is 2.23. The molecule has 0 aliphatic rings. The molecule has 1 rings (SSSR count). The van der Waals surface area contributed by atoms with Gasteiger partial charge in [0, 0.05) is 0 Å². The van der Waals surface area contributed by atoms with Crippen molar-refractivity contribution in [2.75, 3.05) is 13.2 Å². The van der Waals surface area contributed by atoms with Crippen LogP contribution in [0.1, 0.15) is 0 Å². The van der Waals surface area contributed by atoms with Crippen molar-refractivity contribution < 1.29 is 14.9 Å². The zero-order chi connectivity index (χ0) is 9.52. The minimum Gasteiger partial charge on any atom is -0.504 e. The van der Waals surface area contributed by atoms with Crippen LogP contribution in [0.5, 0.6) is 11.5 Å². The van der Waals surface area contributed by atoms with E-state index in [2.05, 4.69) is 0 Å². The van der Waals surface area contributed by atoms with Gasteiger partial charge in [0.25, 0.3) is 0 Å². The molecule has 1 aromatic carbocycles. The number of phenolic OH excluding ortho intramolecular Hbond substituents is 1. The van der Waals surface area contributed by atoms with Crippen molar-refractivity contribution in [2.45, 2.75) is 0 Å². The number of phenols is 1. The van der Waals surface area contributed by atoms with E-state index in [1.54, 1.807) is 36.4 Å². The van der Waals surface area contributed by atoms with Crippen LogP contribution in [0.15, 0.2) is 36.4 Å². The van der Waals surface area contributed by atoms with Gasteiger partial charge in [-0.1, -0.05) is 18.2 Å². The van der Waals surface area contributed by atoms with Gasteiger partial charge in [0.1, 0.15) is 6.61 Å². The molecule has 13 heavy (non-hydrogen) atoms. The molecule has 3 heteroatoms. The fraction of sp³-hybridized carbons (Fsp3) is 0.200. The Labute approximate surface area is 76.9 Å². The molecule has 0 aliphatic heterocycles. The van der Waals surface area contributed by atoms with Crippen molar-refractivity contribution >= 4 is 0 Å². The second-order valence-corrected chi connectivity index (χ2v) is 2.43. The molecule has 70 valence electrons. The standard InChI is InChI=1S/C10H12O3/c11-7-3-4-8-13-10-6-2-1-5-9(10)12/h1-6,11-12H,7-8H2. The Kier molecular flexibility index (Phi) is 3.85. The number of aromatic hydroxyl groups is 1. The average Bonchev–Trinajstić information content (AvgIpc) is 2.15. The van der Waals surface area contributed by atoms with E-state index in [0.717, 1.165) is 0 Å². The molecule has 0 amide bonds. The zero-order valence-electron chi connectivity index (χ0n) is 7.18. The van der Waals surface area contributed by atoms with Crippen molar-refractivity contribution in [1.29, 1.82) is 0 Å². The van der Waals surface area contributed by atoms with E-state index < -0.39 is 0 Å². The summed E-state index contributed by atoms with van der Waals surface area (Å²) in [5.74, 6) is 0.574. The van der Waals surface area contributed by atoms with Crippen LogP contribution in [0.2, 0.25) is 0 Å². The van der Waals surface area contributed by atoms with E-state index in [4.69, 9.17) is 9.84 Å². The predicted molar refractivity (Wildman–Crippen MR) is 49.8 cm³/mol. The van der Waals surface area contributed by atoms with Crippen molar-refractivity contribution in [3.8, 4) is 11.5 Å². The number of benzene rings is 1. The first-order chi connectivity index (χ1) is 6.34. The van der Waals surface area contributed by atoms with Crippen molar-refractivity contribution in [3.63, 3.8) is 0 Å². The maximum Gasteiger partial charge on any atom is 0.161 e. The molecular weight excluding hydrogens is 168 g/mol. The zero-order valence-corrected chi connectivity index (χ0v) is 7.18. The molecule has 0 fully saturated rings. The number of ether oxygens (including phenoxy) is 1. The first kappa shape index (κ1) is 9.61. The molecule has 1 aromatic rings.